The van der Waals surface area contributed by atoms with Crippen LogP contribution in [0.1, 0.15) is 24.8 Å². The smallest absolute Gasteiger partial charge is 0.236 e. The molecule has 19 heavy (non-hydrogen) atoms. The van der Waals surface area contributed by atoms with E-state index in [2.05, 4.69) is 30.0 Å². The van der Waals surface area contributed by atoms with E-state index in [0.29, 0.717) is 12.5 Å². The van der Waals surface area contributed by atoms with Gasteiger partial charge in [-0.15, -0.1) is 0 Å². The Morgan fingerprint density at radius 3 is 2.84 bits per heavy atom. The van der Waals surface area contributed by atoms with Crippen molar-refractivity contribution in [2.75, 3.05) is 31.2 Å². The van der Waals surface area contributed by atoms with Gasteiger partial charge in [0.2, 0.25) is 5.91 Å². The molecule has 0 aromatic heterocycles. The maximum atomic E-state index is 11.2. The number of para-hydroxylation sites is 1. The highest BCUT2D eigenvalue weighted by Gasteiger charge is 2.44. The van der Waals surface area contributed by atoms with E-state index in [1.807, 2.05) is 6.07 Å². The number of fused-ring (bicyclic) bond motifs is 1. The summed E-state index contributed by atoms with van der Waals surface area (Å²) in [5.41, 5.74) is 8.07. The number of rotatable bonds is 3. The van der Waals surface area contributed by atoms with Crippen LogP contribution in [0.2, 0.25) is 0 Å². The summed E-state index contributed by atoms with van der Waals surface area (Å²) in [5.74, 6) is 0.244. The molecule has 2 N–H and O–H groups in total. The molecule has 0 saturated carbocycles. The average Bonchev–Trinajstić information content (AvgIpc) is 2.36. The fraction of sp³-hybridized carbons (Fsp3) is 0.533. The minimum Gasteiger partial charge on any atom is -0.380 e. The van der Waals surface area contributed by atoms with Crippen LogP contribution in [0.25, 0.3) is 0 Å². The number of anilines is 1. The van der Waals surface area contributed by atoms with Crippen LogP contribution in [0, 0.1) is 5.41 Å². The monoisotopic (exact) mass is 260 g/mol. The normalized spacial score (nSPS) is 24.5. The van der Waals surface area contributed by atoms with Crippen molar-refractivity contribution in [3.05, 3.63) is 29.8 Å². The van der Waals surface area contributed by atoms with E-state index < -0.39 is 0 Å². The molecule has 2 heterocycles. The van der Waals surface area contributed by atoms with Crippen molar-refractivity contribution < 1.29 is 9.53 Å². The zero-order valence-electron chi connectivity index (χ0n) is 11.3. The van der Waals surface area contributed by atoms with Crippen LogP contribution < -0.4 is 10.6 Å². The topological polar surface area (TPSA) is 55.6 Å². The molecule has 0 spiro atoms. The highest BCUT2D eigenvalue weighted by Crippen LogP contribution is 2.48. The summed E-state index contributed by atoms with van der Waals surface area (Å²) in [5, 5.41) is 0. The van der Waals surface area contributed by atoms with E-state index in [4.69, 9.17) is 10.5 Å². The van der Waals surface area contributed by atoms with Gasteiger partial charge in [-0.05, 0) is 24.0 Å². The molecule has 4 heteroatoms. The van der Waals surface area contributed by atoms with Crippen molar-refractivity contribution in [2.45, 2.75) is 19.3 Å². The number of carbonyl (C=O) groups excluding carboxylic acids is 1. The summed E-state index contributed by atoms with van der Waals surface area (Å²) in [6, 6.07) is 8.36. The van der Waals surface area contributed by atoms with Crippen molar-refractivity contribution in [2.24, 2.45) is 11.1 Å². The molecular weight excluding hydrogens is 240 g/mol. The molecule has 1 atom stereocenters. The zero-order chi connectivity index (χ0) is 13.5. The van der Waals surface area contributed by atoms with Crippen LogP contribution in [0.4, 0.5) is 5.69 Å². The highest BCUT2D eigenvalue weighted by atomic mass is 16.5. The highest BCUT2D eigenvalue weighted by molar-refractivity contribution is 5.80. The minimum absolute atomic E-state index is 0.245. The Balaban J connectivity index is 1.93. The molecule has 3 rings (SSSR count). The summed E-state index contributed by atoms with van der Waals surface area (Å²) in [6.07, 6.45) is 1.06. The molecular formula is C15H20N2O2. The van der Waals surface area contributed by atoms with Crippen LogP contribution in [-0.2, 0) is 9.53 Å². The number of ether oxygens (including phenoxy) is 1. The number of hydrogen-bond acceptors (Lipinski definition) is 3. The van der Waals surface area contributed by atoms with Gasteiger partial charge in [-0.2, -0.15) is 0 Å². The molecule has 1 fully saturated rings. The van der Waals surface area contributed by atoms with Crippen LogP contribution in [-0.4, -0.2) is 32.2 Å². The van der Waals surface area contributed by atoms with E-state index >= 15 is 0 Å². The first-order valence-corrected chi connectivity index (χ1v) is 6.80. The summed E-state index contributed by atoms with van der Waals surface area (Å²) < 4.78 is 5.41. The number of carbonyl (C=O) groups is 1. The molecule has 0 bridgehead atoms. The molecule has 1 aromatic rings. The predicted molar refractivity (Wildman–Crippen MR) is 74.1 cm³/mol. The third-order valence-corrected chi connectivity index (χ3v) is 4.39. The number of nitrogens with zero attached hydrogens (tertiary/aromatic N) is 1. The molecule has 1 aromatic carbocycles. The number of hydrogen-bond donors (Lipinski definition) is 1. The summed E-state index contributed by atoms with van der Waals surface area (Å²) in [7, 11) is 0. The van der Waals surface area contributed by atoms with Gasteiger partial charge in [0.1, 0.15) is 0 Å². The molecule has 1 amide bonds. The van der Waals surface area contributed by atoms with Crippen LogP contribution >= 0.6 is 0 Å². The van der Waals surface area contributed by atoms with Gasteiger partial charge in [-0.3, -0.25) is 4.79 Å². The molecule has 2 aliphatic rings. The number of nitrogens with two attached hydrogens (primary N) is 1. The third-order valence-electron chi connectivity index (χ3n) is 4.39. The second-order valence-corrected chi connectivity index (χ2v) is 5.93. The lowest BCUT2D eigenvalue weighted by Crippen LogP contribution is -2.48. The van der Waals surface area contributed by atoms with Gasteiger partial charge in [0.15, 0.2) is 0 Å². The van der Waals surface area contributed by atoms with Crippen molar-refractivity contribution in [1.29, 1.82) is 0 Å². The van der Waals surface area contributed by atoms with Gasteiger partial charge in [-0.1, -0.05) is 25.1 Å². The third kappa shape index (κ3) is 2.10. The Kier molecular flexibility index (Phi) is 2.97. The Labute approximate surface area is 113 Å². The maximum absolute atomic E-state index is 11.2. The lowest BCUT2D eigenvalue weighted by atomic mass is 9.68. The van der Waals surface area contributed by atoms with E-state index in [1.165, 1.54) is 5.56 Å². The van der Waals surface area contributed by atoms with Gasteiger partial charge in [-0.25, -0.2) is 0 Å². The van der Waals surface area contributed by atoms with E-state index in [-0.39, 0.29) is 11.3 Å². The van der Waals surface area contributed by atoms with Crippen LogP contribution in [0.5, 0.6) is 0 Å². The summed E-state index contributed by atoms with van der Waals surface area (Å²) in [4.78, 5) is 13.3. The Morgan fingerprint density at radius 1 is 1.47 bits per heavy atom. The minimum atomic E-state index is -0.272. The standard InChI is InChI=1S/C15H20N2O2/c1-15(9-19-10-15)12-6-7-17(8-14(16)18)13-5-3-2-4-11(12)13/h2-5,12H,6-10H2,1H3,(H2,16,18)/t12-/m1/s1. The Morgan fingerprint density at radius 2 is 2.21 bits per heavy atom. The lowest BCUT2D eigenvalue weighted by Gasteiger charge is -2.48. The zero-order valence-corrected chi connectivity index (χ0v) is 11.3. The van der Waals surface area contributed by atoms with Gasteiger partial charge in [0.05, 0.1) is 19.8 Å². The predicted octanol–water partition coefficient (Wildman–Crippen LogP) is 1.50. The van der Waals surface area contributed by atoms with Crippen LogP contribution in [0.3, 0.4) is 0 Å². The fourth-order valence-electron chi connectivity index (χ4n) is 3.33. The fourth-order valence-corrected chi connectivity index (χ4v) is 3.33. The van der Waals surface area contributed by atoms with Gasteiger partial charge in [0.25, 0.3) is 0 Å². The summed E-state index contributed by atoms with van der Waals surface area (Å²) >= 11 is 0. The average molecular weight is 260 g/mol. The number of amides is 1. The van der Waals surface area contributed by atoms with Gasteiger partial charge >= 0.3 is 0 Å². The van der Waals surface area contributed by atoms with Gasteiger partial charge in [0, 0.05) is 17.6 Å². The second-order valence-electron chi connectivity index (χ2n) is 5.93. The van der Waals surface area contributed by atoms with Gasteiger partial charge < -0.3 is 15.4 Å². The van der Waals surface area contributed by atoms with Crippen LogP contribution in [0.15, 0.2) is 24.3 Å². The van der Waals surface area contributed by atoms with E-state index in [0.717, 1.165) is 31.9 Å². The lowest BCUT2D eigenvalue weighted by molar-refractivity contribution is -0.119. The maximum Gasteiger partial charge on any atom is 0.236 e. The van der Waals surface area contributed by atoms with Crippen molar-refractivity contribution in [3.8, 4) is 0 Å². The Hall–Kier alpha value is -1.55. The first-order chi connectivity index (χ1) is 9.10. The van der Waals surface area contributed by atoms with Crippen molar-refractivity contribution in [3.63, 3.8) is 0 Å². The first-order valence-electron chi connectivity index (χ1n) is 6.80. The molecule has 2 aliphatic heterocycles. The summed E-state index contributed by atoms with van der Waals surface area (Å²) in [6.45, 7) is 5.16. The Bertz CT molecular complexity index is 497. The molecule has 0 aliphatic carbocycles. The molecule has 4 nitrogen and oxygen atoms in total. The van der Waals surface area contributed by atoms with Crippen molar-refractivity contribution in [1.82, 2.24) is 0 Å². The molecule has 0 radical (unpaired) electrons. The molecule has 0 unspecified atom stereocenters. The quantitative estimate of drug-likeness (QED) is 0.896. The molecule has 102 valence electrons. The van der Waals surface area contributed by atoms with E-state index in [9.17, 15) is 4.79 Å². The largest absolute Gasteiger partial charge is 0.380 e. The first kappa shape index (κ1) is 12.5. The van der Waals surface area contributed by atoms with Crippen molar-refractivity contribution >= 4 is 11.6 Å². The molecule has 1 saturated heterocycles. The SMILES string of the molecule is CC1([C@@H]2CCN(CC(N)=O)c3ccccc32)COC1. The number of primary amides is 1. The number of benzene rings is 1. The van der Waals surface area contributed by atoms with E-state index in [1.54, 1.807) is 0 Å². The second kappa shape index (κ2) is 4.53.